The van der Waals surface area contributed by atoms with Crippen LogP contribution in [0.2, 0.25) is 5.02 Å². The predicted molar refractivity (Wildman–Crippen MR) is 107 cm³/mol. The molecule has 0 aliphatic heterocycles. The normalized spacial score (nSPS) is 13.0. The van der Waals surface area contributed by atoms with E-state index < -0.39 is 27.8 Å². The van der Waals surface area contributed by atoms with Gasteiger partial charge in [0.25, 0.3) is 5.91 Å². The Bertz CT molecular complexity index is 927. The first-order valence-electron chi connectivity index (χ1n) is 8.47. The highest BCUT2D eigenvalue weighted by atomic mass is 35.5. The fourth-order valence-electron chi connectivity index (χ4n) is 2.65. The third-order valence-electron chi connectivity index (χ3n) is 4.31. The van der Waals surface area contributed by atoms with Gasteiger partial charge in [0.2, 0.25) is 10.0 Å². The summed E-state index contributed by atoms with van der Waals surface area (Å²) in [6.45, 7) is 0.129. The Labute approximate surface area is 170 Å². The summed E-state index contributed by atoms with van der Waals surface area (Å²) in [5, 5.41) is 3.03. The summed E-state index contributed by atoms with van der Waals surface area (Å²) in [4.78, 5) is 14.3. The van der Waals surface area contributed by atoms with Crippen molar-refractivity contribution in [2.75, 3.05) is 34.7 Å². The van der Waals surface area contributed by atoms with Gasteiger partial charge in [-0.1, -0.05) is 17.7 Å². The van der Waals surface area contributed by atoms with Crippen molar-refractivity contribution < 1.29 is 17.6 Å². The van der Waals surface area contributed by atoms with E-state index in [2.05, 4.69) is 5.32 Å². The third-order valence-corrected chi connectivity index (χ3v) is 6.47. The highest BCUT2D eigenvalue weighted by molar-refractivity contribution is 7.89. The topological polar surface area (TPSA) is 69.7 Å². The van der Waals surface area contributed by atoms with Crippen LogP contribution in [0.3, 0.4) is 0 Å². The average Bonchev–Trinajstić information content (AvgIpc) is 2.63. The number of nitrogens with one attached hydrogen (secondary N) is 1. The van der Waals surface area contributed by atoms with Crippen LogP contribution in [0.25, 0.3) is 0 Å². The molecule has 0 bridgehead atoms. The van der Waals surface area contributed by atoms with E-state index in [9.17, 15) is 17.6 Å². The number of hydrogen-bond donors (Lipinski definition) is 1. The lowest BCUT2D eigenvalue weighted by Gasteiger charge is -2.26. The lowest BCUT2D eigenvalue weighted by molar-refractivity contribution is 0.0941. The van der Waals surface area contributed by atoms with Crippen molar-refractivity contribution in [3.05, 3.63) is 64.4 Å². The zero-order valence-electron chi connectivity index (χ0n) is 16.1. The molecule has 0 saturated heterocycles. The van der Waals surface area contributed by atoms with Crippen molar-refractivity contribution in [1.82, 2.24) is 14.5 Å². The Balaban J connectivity index is 2.16. The average molecular weight is 428 g/mol. The van der Waals surface area contributed by atoms with Crippen molar-refractivity contribution in [1.29, 1.82) is 0 Å². The first-order chi connectivity index (χ1) is 13.1. The van der Waals surface area contributed by atoms with E-state index in [1.54, 1.807) is 25.1 Å². The highest BCUT2D eigenvalue weighted by Gasteiger charge is 2.22. The zero-order chi connectivity index (χ0) is 21.1. The predicted octanol–water partition coefficient (Wildman–Crippen LogP) is 2.76. The second-order valence-electron chi connectivity index (χ2n) is 6.64. The van der Waals surface area contributed by atoms with Gasteiger partial charge < -0.3 is 10.2 Å². The molecule has 6 nitrogen and oxygen atoms in total. The van der Waals surface area contributed by atoms with Crippen molar-refractivity contribution in [3.63, 3.8) is 0 Å². The maximum absolute atomic E-state index is 14.2. The molecule has 2 aromatic rings. The van der Waals surface area contributed by atoms with E-state index >= 15 is 0 Å². The van der Waals surface area contributed by atoms with Gasteiger partial charge in [-0.2, -0.15) is 0 Å². The van der Waals surface area contributed by atoms with Crippen molar-refractivity contribution in [3.8, 4) is 0 Å². The largest absolute Gasteiger partial charge is 0.350 e. The summed E-state index contributed by atoms with van der Waals surface area (Å²) in [5.41, 5.74) is 0.608. The monoisotopic (exact) mass is 427 g/mol. The Morgan fingerprint density at radius 1 is 1.11 bits per heavy atom. The lowest BCUT2D eigenvalue weighted by Crippen LogP contribution is -2.35. The zero-order valence-corrected chi connectivity index (χ0v) is 17.7. The van der Waals surface area contributed by atoms with E-state index in [0.29, 0.717) is 11.1 Å². The maximum Gasteiger partial charge on any atom is 0.251 e. The summed E-state index contributed by atoms with van der Waals surface area (Å²) in [6, 6.07) is 9.61. The van der Waals surface area contributed by atoms with Crippen LogP contribution >= 0.6 is 11.6 Å². The molecule has 0 heterocycles. The molecule has 0 fully saturated rings. The molecule has 28 heavy (non-hydrogen) atoms. The smallest absolute Gasteiger partial charge is 0.251 e. The first kappa shape index (κ1) is 22.3. The van der Waals surface area contributed by atoms with Gasteiger partial charge in [-0.15, -0.1) is 0 Å². The van der Waals surface area contributed by atoms with Gasteiger partial charge in [0, 0.05) is 36.8 Å². The number of hydrogen-bond acceptors (Lipinski definition) is 4. The van der Waals surface area contributed by atoms with Crippen LogP contribution in [-0.2, 0) is 10.0 Å². The summed E-state index contributed by atoms with van der Waals surface area (Å²) in [6.07, 6.45) is 0. The van der Waals surface area contributed by atoms with Crippen molar-refractivity contribution in [2.24, 2.45) is 0 Å². The Morgan fingerprint density at radius 3 is 2.21 bits per heavy atom. The first-order valence-corrected chi connectivity index (χ1v) is 10.3. The quantitative estimate of drug-likeness (QED) is 0.737. The molecular weight excluding hydrogens is 405 g/mol. The summed E-state index contributed by atoms with van der Waals surface area (Å²) in [5.74, 6) is -0.841. The molecule has 0 spiro atoms. The molecule has 0 saturated carbocycles. The number of benzene rings is 2. The van der Waals surface area contributed by atoms with Crippen LogP contribution in [0.4, 0.5) is 4.39 Å². The van der Waals surface area contributed by atoms with E-state index in [0.717, 1.165) is 4.31 Å². The number of amides is 1. The molecule has 0 aliphatic rings. The third kappa shape index (κ3) is 4.88. The molecule has 0 aromatic heterocycles. The molecule has 1 atom stereocenters. The molecule has 2 aromatic carbocycles. The number of halogens is 2. The van der Waals surface area contributed by atoms with Crippen molar-refractivity contribution in [2.45, 2.75) is 10.9 Å². The second-order valence-corrected chi connectivity index (χ2v) is 9.20. The molecule has 1 unspecified atom stereocenters. The van der Waals surface area contributed by atoms with Gasteiger partial charge in [-0.05, 0) is 50.5 Å². The van der Waals surface area contributed by atoms with Crippen LogP contribution in [0.15, 0.2) is 47.4 Å². The minimum absolute atomic E-state index is 0.0957. The SMILES string of the molecule is CN(C)C(CNC(=O)c1ccc(S(=O)(=O)N(C)C)cc1)c1c(F)cccc1Cl. The number of carbonyl (C=O) groups excluding carboxylic acids is 1. The van der Waals surface area contributed by atoms with Gasteiger partial charge in [-0.3, -0.25) is 4.79 Å². The van der Waals surface area contributed by atoms with Crippen LogP contribution in [-0.4, -0.2) is 58.3 Å². The minimum Gasteiger partial charge on any atom is -0.350 e. The van der Waals surface area contributed by atoms with Crippen LogP contribution < -0.4 is 5.32 Å². The Morgan fingerprint density at radius 2 is 1.71 bits per heavy atom. The number of nitrogens with zero attached hydrogens (tertiary/aromatic N) is 2. The van der Waals surface area contributed by atoms with Gasteiger partial charge >= 0.3 is 0 Å². The van der Waals surface area contributed by atoms with E-state index in [1.807, 2.05) is 0 Å². The maximum atomic E-state index is 14.2. The van der Waals surface area contributed by atoms with Crippen LogP contribution in [0.1, 0.15) is 22.0 Å². The summed E-state index contributed by atoms with van der Waals surface area (Å²) in [7, 11) is 2.84. The molecular formula is C19H23ClFN3O3S. The fraction of sp³-hybridized carbons (Fsp3) is 0.316. The van der Waals surface area contributed by atoms with Gasteiger partial charge in [0.15, 0.2) is 0 Å². The van der Waals surface area contributed by atoms with E-state index in [4.69, 9.17) is 11.6 Å². The Kier molecular flexibility index (Phi) is 7.16. The molecule has 152 valence electrons. The fourth-order valence-corrected chi connectivity index (χ4v) is 3.84. The summed E-state index contributed by atoms with van der Waals surface area (Å²) < 4.78 is 39.5. The van der Waals surface area contributed by atoms with Crippen LogP contribution in [0.5, 0.6) is 0 Å². The van der Waals surface area contributed by atoms with E-state index in [1.165, 1.54) is 50.5 Å². The number of carbonyl (C=O) groups is 1. The van der Waals surface area contributed by atoms with Gasteiger partial charge in [0.1, 0.15) is 5.82 Å². The number of likely N-dealkylation sites (N-methyl/N-ethyl adjacent to an activating group) is 1. The second kappa shape index (κ2) is 9.00. The molecule has 9 heteroatoms. The number of sulfonamides is 1. The molecule has 0 aliphatic carbocycles. The van der Waals surface area contributed by atoms with Crippen LogP contribution in [0, 0.1) is 5.82 Å². The Hall–Kier alpha value is -2.00. The molecule has 1 amide bonds. The molecule has 1 N–H and O–H groups in total. The standard InChI is InChI=1S/C19H23ClFN3O3S/c1-23(2)17(18-15(20)6-5-7-16(18)21)12-22-19(25)13-8-10-14(11-9-13)28(26,27)24(3)4/h5-11,17H,12H2,1-4H3,(H,22,25). The minimum atomic E-state index is -3.56. The van der Waals surface area contributed by atoms with E-state index in [-0.39, 0.29) is 16.5 Å². The molecule has 0 radical (unpaired) electrons. The van der Waals surface area contributed by atoms with Gasteiger partial charge in [0.05, 0.1) is 10.9 Å². The lowest BCUT2D eigenvalue weighted by atomic mass is 10.0. The summed E-state index contributed by atoms with van der Waals surface area (Å²) >= 11 is 6.15. The molecule has 2 rings (SSSR count). The van der Waals surface area contributed by atoms with Crippen molar-refractivity contribution >= 4 is 27.5 Å². The number of rotatable bonds is 7. The van der Waals surface area contributed by atoms with Gasteiger partial charge in [-0.25, -0.2) is 17.1 Å². The highest BCUT2D eigenvalue weighted by Crippen LogP contribution is 2.28.